The molecule has 2 aromatic heterocycles. The Kier molecular flexibility index (Phi) is 5.95. The molecule has 1 saturated heterocycles. The van der Waals surface area contributed by atoms with Crippen molar-refractivity contribution < 1.29 is 18.5 Å². The minimum Gasteiger partial charge on any atom is -0.497 e. The first kappa shape index (κ1) is 19.3. The van der Waals surface area contributed by atoms with E-state index in [1.54, 1.807) is 19.4 Å². The van der Waals surface area contributed by atoms with Gasteiger partial charge in [0.1, 0.15) is 11.5 Å². The number of nitrogens with one attached hydrogen (secondary N) is 1. The molecular weight excluding hydrogens is 370 g/mol. The number of furan rings is 1. The average molecular weight is 395 g/mol. The Labute approximate surface area is 169 Å². The lowest BCUT2D eigenvalue weighted by Crippen LogP contribution is -2.40. The van der Waals surface area contributed by atoms with Crippen LogP contribution < -0.4 is 10.1 Å². The van der Waals surface area contributed by atoms with Gasteiger partial charge in [-0.3, -0.25) is 9.69 Å². The zero-order chi connectivity index (χ0) is 20.1. The standard InChI is InChI=1S/C22H25N3O4/c1-27-17-9-7-16(8-10-17)21-14-18(24-29-21)22(26)23-15-19(20-6-5-13-28-20)25-11-3-2-4-12-25/h5-10,13-14,19H,2-4,11-12,15H2,1H3,(H,23,26)/t19-/m1/s1. The summed E-state index contributed by atoms with van der Waals surface area (Å²) in [6.45, 7) is 2.47. The average Bonchev–Trinajstić information content (AvgIpc) is 3.47. The van der Waals surface area contributed by atoms with Crippen LogP contribution in [0.1, 0.15) is 41.6 Å². The van der Waals surface area contributed by atoms with Crippen molar-refractivity contribution in [3.05, 3.63) is 60.2 Å². The summed E-state index contributed by atoms with van der Waals surface area (Å²) in [5.41, 5.74) is 1.09. The van der Waals surface area contributed by atoms with Gasteiger partial charge in [0.2, 0.25) is 0 Å². The van der Waals surface area contributed by atoms with E-state index in [9.17, 15) is 4.79 Å². The van der Waals surface area contributed by atoms with Crippen molar-refractivity contribution in [1.29, 1.82) is 0 Å². The highest BCUT2D eigenvalue weighted by Gasteiger charge is 2.25. The van der Waals surface area contributed by atoms with Crippen LogP contribution in [-0.4, -0.2) is 42.7 Å². The molecule has 0 aliphatic carbocycles. The first-order chi connectivity index (χ1) is 14.2. The Hall–Kier alpha value is -3.06. The van der Waals surface area contributed by atoms with Gasteiger partial charge in [0.25, 0.3) is 5.91 Å². The van der Waals surface area contributed by atoms with Crippen molar-refractivity contribution in [2.24, 2.45) is 0 Å². The summed E-state index contributed by atoms with van der Waals surface area (Å²) in [4.78, 5) is 15.0. The Morgan fingerprint density at radius 1 is 1.21 bits per heavy atom. The van der Waals surface area contributed by atoms with Gasteiger partial charge in [-0.05, 0) is 62.3 Å². The molecule has 1 aromatic carbocycles. The molecule has 7 heteroatoms. The van der Waals surface area contributed by atoms with E-state index in [4.69, 9.17) is 13.7 Å². The summed E-state index contributed by atoms with van der Waals surface area (Å²) in [6.07, 6.45) is 5.26. The van der Waals surface area contributed by atoms with Crippen molar-refractivity contribution >= 4 is 5.91 Å². The molecule has 0 radical (unpaired) electrons. The zero-order valence-electron chi connectivity index (χ0n) is 16.5. The maximum atomic E-state index is 12.6. The number of hydrogen-bond acceptors (Lipinski definition) is 6. The molecule has 0 unspecified atom stereocenters. The van der Waals surface area contributed by atoms with Crippen LogP contribution in [0.15, 0.2) is 57.7 Å². The van der Waals surface area contributed by atoms with E-state index < -0.39 is 0 Å². The van der Waals surface area contributed by atoms with Gasteiger partial charge in [-0.25, -0.2) is 0 Å². The van der Waals surface area contributed by atoms with Crippen LogP contribution in [0.25, 0.3) is 11.3 Å². The molecule has 0 spiro atoms. The maximum absolute atomic E-state index is 12.6. The number of likely N-dealkylation sites (tertiary alicyclic amines) is 1. The molecule has 1 fully saturated rings. The maximum Gasteiger partial charge on any atom is 0.273 e. The second-order valence-electron chi connectivity index (χ2n) is 7.14. The van der Waals surface area contributed by atoms with Gasteiger partial charge in [0.05, 0.1) is 19.4 Å². The number of hydrogen-bond donors (Lipinski definition) is 1. The van der Waals surface area contributed by atoms with Crippen LogP contribution in [0.2, 0.25) is 0 Å². The van der Waals surface area contributed by atoms with Gasteiger partial charge < -0.3 is 19.0 Å². The quantitative estimate of drug-likeness (QED) is 0.653. The van der Waals surface area contributed by atoms with Crippen LogP contribution in [0.5, 0.6) is 5.75 Å². The summed E-state index contributed by atoms with van der Waals surface area (Å²) in [5, 5.41) is 6.92. The van der Waals surface area contributed by atoms with Gasteiger partial charge in [-0.15, -0.1) is 0 Å². The molecule has 7 nitrogen and oxygen atoms in total. The molecule has 1 aliphatic heterocycles. The number of nitrogens with zero attached hydrogens (tertiary/aromatic N) is 2. The first-order valence-electron chi connectivity index (χ1n) is 9.91. The fourth-order valence-corrected chi connectivity index (χ4v) is 3.67. The lowest BCUT2D eigenvalue weighted by atomic mass is 10.1. The second-order valence-corrected chi connectivity index (χ2v) is 7.14. The monoisotopic (exact) mass is 395 g/mol. The van der Waals surface area contributed by atoms with Crippen molar-refractivity contribution in [2.75, 3.05) is 26.7 Å². The third kappa shape index (κ3) is 4.51. The first-order valence-corrected chi connectivity index (χ1v) is 9.91. The summed E-state index contributed by atoms with van der Waals surface area (Å²) >= 11 is 0. The minimum atomic E-state index is -0.262. The van der Waals surface area contributed by atoms with Crippen LogP contribution in [-0.2, 0) is 0 Å². The Morgan fingerprint density at radius 3 is 2.69 bits per heavy atom. The summed E-state index contributed by atoms with van der Waals surface area (Å²) < 4.78 is 16.2. The number of rotatable bonds is 7. The number of aromatic nitrogens is 1. The molecule has 0 bridgehead atoms. The molecule has 0 saturated carbocycles. The molecule has 4 rings (SSSR count). The molecule has 1 amide bonds. The smallest absolute Gasteiger partial charge is 0.273 e. The SMILES string of the molecule is COc1ccc(-c2cc(C(=O)NC[C@H](c3ccco3)N3CCCCC3)no2)cc1. The van der Waals surface area contributed by atoms with Gasteiger partial charge in [0, 0.05) is 18.2 Å². The Bertz CT molecular complexity index is 912. The van der Waals surface area contributed by atoms with Crippen LogP contribution >= 0.6 is 0 Å². The number of amides is 1. The molecule has 1 atom stereocenters. The van der Waals surface area contributed by atoms with E-state index in [-0.39, 0.29) is 17.6 Å². The van der Waals surface area contributed by atoms with Crippen molar-refractivity contribution in [2.45, 2.75) is 25.3 Å². The van der Waals surface area contributed by atoms with E-state index in [0.29, 0.717) is 12.3 Å². The molecule has 3 aromatic rings. The highest BCUT2D eigenvalue weighted by atomic mass is 16.5. The minimum absolute atomic E-state index is 0.0159. The number of piperidine rings is 1. The highest BCUT2D eigenvalue weighted by molar-refractivity contribution is 5.93. The van der Waals surface area contributed by atoms with Crippen LogP contribution in [0.4, 0.5) is 0 Å². The highest BCUT2D eigenvalue weighted by Crippen LogP contribution is 2.25. The lowest BCUT2D eigenvalue weighted by molar-refractivity contribution is 0.0905. The molecule has 1 aliphatic rings. The largest absolute Gasteiger partial charge is 0.497 e. The molecule has 1 N–H and O–H groups in total. The van der Waals surface area contributed by atoms with Crippen molar-refractivity contribution in [3.8, 4) is 17.1 Å². The molecule has 152 valence electrons. The van der Waals surface area contributed by atoms with Gasteiger partial charge in [-0.1, -0.05) is 11.6 Å². The van der Waals surface area contributed by atoms with Crippen molar-refractivity contribution in [1.82, 2.24) is 15.4 Å². The van der Waals surface area contributed by atoms with Crippen molar-refractivity contribution in [3.63, 3.8) is 0 Å². The molecule has 29 heavy (non-hydrogen) atoms. The second kappa shape index (κ2) is 8.96. The predicted molar refractivity (Wildman–Crippen MR) is 108 cm³/mol. The fraction of sp³-hybridized carbons (Fsp3) is 0.364. The number of methoxy groups -OCH3 is 1. The topological polar surface area (TPSA) is 80.7 Å². The summed E-state index contributed by atoms with van der Waals surface area (Å²) in [5.74, 6) is 1.90. The summed E-state index contributed by atoms with van der Waals surface area (Å²) in [7, 11) is 1.62. The third-order valence-electron chi connectivity index (χ3n) is 5.28. The number of carbonyl (C=O) groups is 1. The third-order valence-corrected chi connectivity index (χ3v) is 5.28. The van der Waals surface area contributed by atoms with Gasteiger partial charge in [0.15, 0.2) is 11.5 Å². The van der Waals surface area contributed by atoms with E-state index in [1.807, 2.05) is 36.4 Å². The van der Waals surface area contributed by atoms with E-state index in [1.165, 1.54) is 19.3 Å². The predicted octanol–water partition coefficient (Wildman–Crippen LogP) is 3.90. The van der Waals surface area contributed by atoms with E-state index in [0.717, 1.165) is 30.2 Å². The Balaban J connectivity index is 1.42. The zero-order valence-corrected chi connectivity index (χ0v) is 16.5. The summed E-state index contributed by atoms with van der Waals surface area (Å²) in [6, 6.07) is 12.9. The Morgan fingerprint density at radius 2 is 2.00 bits per heavy atom. The van der Waals surface area contributed by atoms with E-state index in [2.05, 4.69) is 15.4 Å². The number of carbonyl (C=O) groups excluding carboxylic acids is 1. The number of ether oxygens (including phenoxy) is 1. The molecular formula is C22H25N3O4. The normalized spacial score (nSPS) is 15.8. The van der Waals surface area contributed by atoms with E-state index >= 15 is 0 Å². The van der Waals surface area contributed by atoms with Gasteiger partial charge in [-0.2, -0.15) is 0 Å². The number of benzene rings is 1. The van der Waals surface area contributed by atoms with Crippen LogP contribution in [0, 0.1) is 0 Å². The van der Waals surface area contributed by atoms with Gasteiger partial charge >= 0.3 is 0 Å². The van der Waals surface area contributed by atoms with Crippen LogP contribution in [0.3, 0.4) is 0 Å². The molecule has 3 heterocycles. The fourth-order valence-electron chi connectivity index (χ4n) is 3.67. The lowest BCUT2D eigenvalue weighted by Gasteiger charge is -2.33.